The summed E-state index contributed by atoms with van der Waals surface area (Å²) in [4.78, 5) is 24.7. The molecule has 0 bridgehead atoms. The van der Waals surface area contributed by atoms with Crippen LogP contribution in [0.5, 0.6) is 0 Å². The summed E-state index contributed by atoms with van der Waals surface area (Å²) in [5, 5.41) is 3.03. The minimum absolute atomic E-state index is 0.0296. The molecular weight excluding hydrogens is 252 g/mol. The molecule has 1 fully saturated rings. The summed E-state index contributed by atoms with van der Waals surface area (Å²) in [6.45, 7) is 4.69. The lowest BCUT2D eigenvalue weighted by Gasteiger charge is -2.38. The first-order chi connectivity index (χ1) is 9.56. The first-order valence-electron chi connectivity index (χ1n) is 7.16. The monoisotopic (exact) mass is 274 g/mol. The topological polar surface area (TPSA) is 49.4 Å². The molecule has 0 unspecified atom stereocenters. The largest absolute Gasteiger partial charge is 0.353 e. The highest BCUT2D eigenvalue weighted by atomic mass is 16.2. The van der Waals surface area contributed by atoms with Gasteiger partial charge in [-0.2, -0.15) is 0 Å². The standard InChI is InChI=1S/C16H22N2O2/c1-12(8-9-14-6-4-3-5-7-14)17-16(20)15-10-18(11-15)13(2)19/h3-7,12,15H,8-11H2,1-2H3,(H,17,20)/t12-/m0/s1. The van der Waals surface area contributed by atoms with E-state index in [-0.39, 0.29) is 23.8 Å². The highest BCUT2D eigenvalue weighted by Gasteiger charge is 2.34. The van der Waals surface area contributed by atoms with Gasteiger partial charge in [0.15, 0.2) is 0 Å². The SMILES string of the molecule is CC(=O)N1CC(C(=O)N[C@@H](C)CCc2ccccc2)C1. The van der Waals surface area contributed by atoms with Crippen LogP contribution in [0.2, 0.25) is 0 Å². The van der Waals surface area contributed by atoms with Crippen molar-refractivity contribution < 1.29 is 9.59 Å². The molecule has 0 aliphatic carbocycles. The van der Waals surface area contributed by atoms with Gasteiger partial charge in [-0.05, 0) is 25.3 Å². The number of aryl methyl sites for hydroxylation is 1. The molecule has 0 saturated carbocycles. The van der Waals surface area contributed by atoms with Crippen molar-refractivity contribution in [3.05, 3.63) is 35.9 Å². The lowest BCUT2D eigenvalue weighted by atomic mass is 9.98. The third kappa shape index (κ3) is 3.83. The predicted octanol–water partition coefficient (Wildman–Crippen LogP) is 1.60. The number of rotatable bonds is 5. The van der Waals surface area contributed by atoms with Gasteiger partial charge in [-0.3, -0.25) is 9.59 Å². The number of nitrogens with zero attached hydrogens (tertiary/aromatic N) is 1. The molecule has 1 aliphatic rings. The Bertz CT molecular complexity index is 467. The molecular formula is C16H22N2O2. The van der Waals surface area contributed by atoms with Crippen molar-refractivity contribution in [2.24, 2.45) is 5.92 Å². The van der Waals surface area contributed by atoms with Crippen LogP contribution in [0.1, 0.15) is 25.8 Å². The second kappa shape index (κ2) is 6.55. The van der Waals surface area contributed by atoms with Gasteiger partial charge in [0.2, 0.25) is 11.8 Å². The molecule has 1 aromatic rings. The normalized spacial score (nSPS) is 16.4. The van der Waals surface area contributed by atoms with Crippen LogP contribution in [0, 0.1) is 5.92 Å². The first-order valence-corrected chi connectivity index (χ1v) is 7.16. The number of likely N-dealkylation sites (tertiary alicyclic amines) is 1. The molecule has 20 heavy (non-hydrogen) atoms. The van der Waals surface area contributed by atoms with E-state index in [1.807, 2.05) is 25.1 Å². The molecule has 2 amide bonds. The van der Waals surface area contributed by atoms with Gasteiger partial charge in [0.1, 0.15) is 0 Å². The lowest BCUT2D eigenvalue weighted by molar-refractivity contribution is -0.141. The number of carbonyl (C=O) groups excluding carboxylic acids is 2. The highest BCUT2D eigenvalue weighted by Crippen LogP contribution is 2.16. The third-order valence-corrected chi connectivity index (χ3v) is 3.80. The van der Waals surface area contributed by atoms with Crippen molar-refractivity contribution in [1.82, 2.24) is 10.2 Å². The van der Waals surface area contributed by atoms with Crippen LogP contribution in [0.4, 0.5) is 0 Å². The molecule has 4 heteroatoms. The summed E-state index contributed by atoms with van der Waals surface area (Å²) >= 11 is 0. The van der Waals surface area contributed by atoms with Crippen molar-refractivity contribution in [3.8, 4) is 0 Å². The van der Waals surface area contributed by atoms with E-state index in [1.165, 1.54) is 12.5 Å². The van der Waals surface area contributed by atoms with Crippen molar-refractivity contribution in [3.63, 3.8) is 0 Å². The number of amides is 2. The number of hydrogen-bond donors (Lipinski definition) is 1. The fourth-order valence-corrected chi connectivity index (χ4v) is 2.36. The molecule has 2 rings (SSSR count). The van der Waals surface area contributed by atoms with Crippen molar-refractivity contribution >= 4 is 11.8 Å². The van der Waals surface area contributed by atoms with E-state index in [2.05, 4.69) is 17.4 Å². The Morgan fingerprint density at radius 3 is 2.55 bits per heavy atom. The van der Waals surface area contributed by atoms with Gasteiger partial charge in [0, 0.05) is 26.1 Å². The molecule has 0 spiro atoms. The zero-order valence-electron chi connectivity index (χ0n) is 12.1. The minimum Gasteiger partial charge on any atom is -0.353 e. The number of hydrogen-bond acceptors (Lipinski definition) is 2. The Morgan fingerprint density at radius 2 is 1.95 bits per heavy atom. The van der Waals surface area contributed by atoms with E-state index in [9.17, 15) is 9.59 Å². The average molecular weight is 274 g/mol. The van der Waals surface area contributed by atoms with Gasteiger partial charge >= 0.3 is 0 Å². The van der Waals surface area contributed by atoms with Crippen molar-refractivity contribution in [2.45, 2.75) is 32.7 Å². The molecule has 0 aromatic heterocycles. The Hall–Kier alpha value is -1.84. The van der Waals surface area contributed by atoms with E-state index < -0.39 is 0 Å². The molecule has 1 heterocycles. The fraction of sp³-hybridized carbons (Fsp3) is 0.500. The molecule has 0 radical (unpaired) electrons. The number of carbonyl (C=O) groups is 2. The van der Waals surface area contributed by atoms with E-state index in [0.717, 1.165) is 12.8 Å². The van der Waals surface area contributed by atoms with Crippen LogP contribution in [-0.2, 0) is 16.0 Å². The maximum Gasteiger partial charge on any atom is 0.226 e. The third-order valence-electron chi connectivity index (χ3n) is 3.80. The molecule has 1 aromatic carbocycles. The molecule has 1 atom stereocenters. The average Bonchev–Trinajstić information content (AvgIpc) is 2.35. The number of nitrogens with one attached hydrogen (secondary N) is 1. The van der Waals surface area contributed by atoms with E-state index in [1.54, 1.807) is 4.90 Å². The van der Waals surface area contributed by atoms with E-state index >= 15 is 0 Å². The Balaban J connectivity index is 1.68. The van der Waals surface area contributed by atoms with E-state index in [0.29, 0.717) is 13.1 Å². The smallest absolute Gasteiger partial charge is 0.226 e. The highest BCUT2D eigenvalue weighted by molar-refractivity contribution is 5.83. The zero-order valence-corrected chi connectivity index (χ0v) is 12.1. The Labute approximate surface area is 120 Å². The Kier molecular flexibility index (Phi) is 4.77. The first kappa shape index (κ1) is 14.6. The van der Waals surface area contributed by atoms with Gasteiger partial charge in [0.05, 0.1) is 5.92 Å². The second-order valence-electron chi connectivity index (χ2n) is 5.55. The van der Waals surface area contributed by atoms with Crippen molar-refractivity contribution in [1.29, 1.82) is 0 Å². The Morgan fingerprint density at radius 1 is 1.30 bits per heavy atom. The van der Waals surface area contributed by atoms with Gasteiger partial charge in [-0.15, -0.1) is 0 Å². The second-order valence-corrected chi connectivity index (χ2v) is 5.55. The summed E-state index contributed by atoms with van der Waals surface area (Å²) in [6.07, 6.45) is 1.89. The summed E-state index contributed by atoms with van der Waals surface area (Å²) in [7, 11) is 0. The lowest BCUT2D eigenvalue weighted by Crippen LogP contribution is -2.56. The van der Waals surface area contributed by atoms with Gasteiger partial charge in [-0.1, -0.05) is 30.3 Å². The van der Waals surface area contributed by atoms with Crippen LogP contribution in [0.25, 0.3) is 0 Å². The minimum atomic E-state index is -0.0296. The maximum absolute atomic E-state index is 12.0. The van der Waals surface area contributed by atoms with Crippen molar-refractivity contribution in [2.75, 3.05) is 13.1 Å². The van der Waals surface area contributed by atoms with Gasteiger partial charge in [0.25, 0.3) is 0 Å². The molecule has 1 aliphatic heterocycles. The van der Waals surface area contributed by atoms with Crippen LogP contribution >= 0.6 is 0 Å². The van der Waals surface area contributed by atoms with Crippen LogP contribution in [0.3, 0.4) is 0 Å². The van der Waals surface area contributed by atoms with Crippen LogP contribution < -0.4 is 5.32 Å². The molecule has 4 nitrogen and oxygen atoms in total. The summed E-state index contributed by atoms with van der Waals surface area (Å²) in [5.74, 6) is 0.0901. The van der Waals surface area contributed by atoms with Gasteiger partial charge < -0.3 is 10.2 Å². The molecule has 108 valence electrons. The van der Waals surface area contributed by atoms with Gasteiger partial charge in [-0.25, -0.2) is 0 Å². The fourth-order valence-electron chi connectivity index (χ4n) is 2.36. The van der Waals surface area contributed by atoms with Crippen LogP contribution in [-0.4, -0.2) is 35.8 Å². The number of benzene rings is 1. The van der Waals surface area contributed by atoms with E-state index in [4.69, 9.17) is 0 Å². The molecule has 1 N–H and O–H groups in total. The predicted molar refractivity (Wildman–Crippen MR) is 78.1 cm³/mol. The molecule has 1 saturated heterocycles. The maximum atomic E-state index is 12.0. The quantitative estimate of drug-likeness (QED) is 0.886. The summed E-state index contributed by atoms with van der Waals surface area (Å²) in [5.41, 5.74) is 1.29. The summed E-state index contributed by atoms with van der Waals surface area (Å²) in [6, 6.07) is 10.4. The van der Waals surface area contributed by atoms with Crippen LogP contribution in [0.15, 0.2) is 30.3 Å². The summed E-state index contributed by atoms with van der Waals surface area (Å²) < 4.78 is 0. The zero-order chi connectivity index (χ0) is 14.5.